The van der Waals surface area contributed by atoms with E-state index in [2.05, 4.69) is 4.84 Å². The highest BCUT2D eigenvalue weighted by atomic mass is 16.6. The number of aromatic carboxylic acids is 1. The van der Waals surface area contributed by atoms with Gasteiger partial charge in [0.15, 0.2) is 11.1 Å². The van der Waals surface area contributed by atoms with Crippen LogP contribution in [-0.4, -0.2) is 22.9 Å². The molecule has 12 heavy (non-hydrogen) atoms. The number of carboxylic acids is 1. The zero-order valence-corrected chi connectivity index (χ0v) is 6.35. The van der Waals surface area contributed by atoms with Crippen molar-refractivity contribution in [2.45, 2.75) is 0 Å². The third-order valence-electron chi connectivity index (χ3n) is 1.31. The van der Waals surface area contributed by atoms with Crippen LogP contribution in [0.3, 0.4) is 0 Å². The Bertz CT molecular complexity index is 355. The Hall–Kier alpha value is -1.78. The summed E-state index contributed by atoms with van der Waals surface area (Å²) in [5.41, 5.74) is -0.550. The van der Waals surface area contributed by atoms with Gasteiger partial charge >= 0.3 is 5.97 Å². The molecule has 64 valence electrons. The van der Waals surface area contributed by atoms with E-state index in [0.29, 0.717) is 0 Å². The van der Waals surface area contributed by atoms with E-state index in [4.69, 9.17) is 5.11 Å². The Morgan fingerprint density at radius 2 is 2.33 bits per heavy atom. The Balaban J connectivity index is 3.31. The first-order valence-electron chi connectivity index (χ1n) is 3.15. The van der Waals surface area contributed by atoms with Crippen molar-refractivity contribution in [1.29, 1.82) is 0 Å². The lowest BCUT2D eigenvalue weighted by Crippen LogP contribution is -2.19. The molecule has 1 rings (SSSR count). The molecule has 0 saturated heterocycles. The SMILES string of the molecule is COn1ccc(=O)cc1C(=O)O. The summed E-state index contributed by atoms with van der Waals surface area (Å²) in [4.78, 5) is 25.9. The first kappa shape index (κ1) is 8.32. The van der Waals surface area contributed by atoms with Crippen LogP contribution in [0.15, 0.2) is 23.1 Å². The summed E-state index contributed by atoms with van der Waals surface area (Å²) < 4.78 is 1.00. The van der Waals surface area contributed by atoms with Gasteiger partial charge in [-0.1, -0.05) is 0 Å². The third-order valence-corrected chi connectivity index (χ3v) is 1.31. The Morgan fingerprint density at radius 3 is 2.83 bits per heavy atom. The molecular weight excluding hydrogens is 162 g/mol. The van der Waals surface area contributed by atoms with Crippen molar-refractivity contribution >= 4 is 5.97 Å². The van der Waals surface area contributed by atoms with Gasteiger partial charge in [0, 0.05) is 18.3 Å². The van der Waals surface area contributed by atoms with Crippen molar-refractivity contribution in [2.75, 3.05) is 7.11 Å². The molecule has 0 unspecified atom stereocenters. The van der Waals surface area contributed by atoms with Gasteiger partial charge in [0.2, 0.25) is 0 Å². The summed E-state index contributed by atoms with van der Waals surface area (Å²) in [6, 6.07) is 2.21. The Morgan fingerprint density at radius 1 is 1.67 bits per heavy atom. The van der Waals surface area contributed by atoms with E-state index >= 15 is 0 Å². The quantitative estimate of drug-likeness (QED) is 0.654. The molecule has 0 aromatic carbocycles. The fourth-order valence-electron chi connectivity index (χ4n) is 0.783. The van der Waals surface area contributed by atoms with Gasteiger partial charge in [-0.15, -0.1) is 0 Å². The molecule has 0 amide bonds. The van der Waals surface area contributed by atoms with Crippen LogP contribution in [0.4, 0.5) is 0 Å². The number of hydrogen-bond donors (Lipinski definition) is 1. The molecule has 1 heterocycles. The monoisotopic (exact) mass is 169 g/mol. The van der Waals surface area contributed by atoms with E-state index in [1.807, 2.05) is 0 Å². The predicted molar refractivity (Wildman–Crippen MR) is 40.2 cm³/mol. The fourth-order valence-corrected chi connectivity index (χ4v) is 0.783. The van der Waals surface area contributed by atoms with E-state index < -0.39 is 5.97 Å². The van der Waals surface area contributed by atoms with Gasteiger partial charge in [0.1, 0.15) is 7.11 Å². The van der Waals surface area contributed by atoms with Crippen molar-refractivity contribution in [1.82, 2.24) is 4.73 Å². The number of hydrogen-bond acceptors (Lipinski definition) is 3. The number of carbonyl (C=O) groups is 1. The molecule has 1 aromatic heterocycles. The van der Waals surface area contributed by atoms with E-state index in [9.17, 15) is 9.59 Å². The molecule has 0 aliphatic carbocycles. The lowest BCUT2D eigenvalue weighted by atomic mass is 10.3. The lowest BCUT2D eigenvalue weighted by molar-refractivity contribution is 0.0634. The van der Waals surface area contributed by atoms with E-state index in [0.717, 1.165) is 10.8 Å². The molecule has 0 aliphatic rings. The maximum atomic E-state index is 10.7. The Kier molecular flexibility index (Phi) is 2.14. The largest absolute Gasteiger partial charge is 0.476 e. The zero-order chi connectivity index (χ0) is 9.14. The van der Waals surface area contributed by atoms with Gasteiger partial charge in [0.05, 0.1) is 0 Å². The zero-order valence-electron chi connectivity index (χ0n) is 6.35. The summed E-state index contributed by atoms with van der Waals surface area (Å²) in [6.07, 6.45) is 1.26. The average molecular weight is 169 g/mol. The molecule has 0 radical (unpaired) electrons. The molecular formula is C7H7NO4. The van der Waals surface area contributed by atoms with Crippen molar-refractivity contribution in [3.05, 3.63) is 34.2 Å². The number of aromatic nitrogens is 1. The lowest BCUT2D eigenvalue weighted by Gasteiger charge is -2.06. The molecule has 5 heteroatoms. The minimum atomic E-state index is -1.20. The summed E-state index contributed by atoms with van der Waals surface area (Å²) in [5.74, 6) is -1.20. The first-order valence-corrected chi connectivity index (χ1v) is 3.15. The van der Waals surface area contributed by atoms with Crippen LogP contribution < -0.4 is 10.3 Å². The summed E-state index contributed by atoms with van der Waals surface area (Å²) in [5, 5.41) is 8.58. The molecule has 0 bridgehead atoms. The minimum Gasteiger partial charge on any atom is -0.476 e. The average Bonchev–Trinajstić information content (AvgIpc) is 2.04. The third kappa shape index (κ3) is 1.45. The van der Waals surface area contributed by atoms with Crippen LogP contribution in [0.5, 0.6) is 0 Å². The topological polar surface area (TPSA) is 68.5 Å². The number of pyridine rings is 1. The van der Waals surface area contributed by atoms with E-state index in [1.54, 1.807) is 0 Å². The van der Waals surface area contributed by atoms with Crippen LogP contribution >= 0.6 is 0 Å². The summed E-state index contributed by atoms with van der Waals surface area (Å²) in [6.45, 7) is 0. The van der Waals surface area contributed by atoms with Crippen molar-refractivity contribution < 1.29 is 14.7 Å². The van der Waals surface area contributed by atoms with E-state index in [1.165, 1.54) is 19.4 Å². The predicted octanol–water partition coefficient (Wildman–Crippen LogP) is -0.395. The molecule has 0 aliphatic heterocycles. The maximum absolute atomic E-state index is 10.7. The van der Waals surface area contributed by atoms with Crippen molar-refractivity contribution in [3.63, 3.8) is 0 Å². The molecule has 1 N–H and O–H groups in total. The highest BCUT2D eigenvalue weighted by Gasteiger charge is 2.08. The van der Waals surface area contributed by atoms with Crippen LogP contribution in [0.1, 0.15) is 10.5 Å². The molecule has 0 saturated carbocycles. The van der Waals surface area contributed by atoms with E-state index in [-0.39, 0.29) is 11.1 Å². The molecule has 0 fully saturated rings. The van der Waals surface area contributed by atoms with Crippen molar-refractivity contribution in [3.8, 4) is 0 Å². The van der Waals surface area contributed by atoms with Gasteiger partial charge in [-0.2, -0.15) is 4.73 Å². The smallest absolute Gasteiger partial charge is 0.356 e. The first-order chi connectivity index (χ1) is 5.65. The second-order valence-electron chi connectivity index (χ2n) is 2.06. The Labute approximate surface area is 67.8 Å². The summed E-state index contributed by atoms with van der Waals surface area (Å²) >= 11 is 0. The van der Waals surface area contributed by atoms with Gasteiger partial charge in [-0.3, -0.25) is 4.79 Å². The molecule has 0 atom stereocenters. The van der Waals surface area contributed by atoms with Crippen LogP contribution in [0.25, 0.3) is 0 Å². The minimum absolute atomic E-state index is 0.190. The van der Waals surface area contributed by atoms with Crippen LogP contribution in [-0.2, 0) is 0 Å². The maximum Gasteiger partial charge on any atom is 0.356 e. The summed E-state index contributed by atoms with van der Waals surface area (Å²) in [7, 11) is 1.32. The van der Waals surface area contributed by atoms with Gasteiger partial charge in [0.25, 0.3) is 0 Å². The molecule has 1 aromatic rings. The number of nitrogens with zero attached hydrogens (tertiary/aromatic N) is 1. The van der Waals surface area contributed by atoms with Crippen LogP contribution in [0, 0.1) is 0 Å². The number of rotatable bonds is 2. The normalized spacial score (nSPS) is 9.42. The number of carboxylic acid groups (broad SMARTS) is 1. The second-order valence-corrected chi connectivity index (χ2v) is 2.06. The molecule has 0 spiro atoms. The molecule has 5 nitrogen and oxygen atoms in total. The van der Waals surface area contributed by atoms with Gasteiger partial charge < -0.3 is 9.94 Å². The second kappa shape index (κ2) is 3.08. The fraction of sp³-hybridized carbons (Fsp3) is 0.143. The highest BCUT2D eigenvalue weighted by molar-refractivity contribution is 5.85. The standard InChI is InChI=1S/C7H7NO4/c1-12-8-3-2-5(9)4-6(8)7(10)11/h2-4H,1H3,(H,10,11). The van der Waals surface area contributed by atoms with Gasteiger partial charge in [-0.05, 0) is 0 Å². The highest BCUT2D eigenvalue weighted by Crippen LogP contribution is 1.93. The van der Waals surface area contributed by atoms with Gasteiger partial charge in [-0.25, -0.2) is 4.79 Å². The van der Waals surface area contributed by atoms with Crippen LogP contribution in [0.2, 0.25) is 0 Å². The van der Waals surface area contributed by atoms with Crippen molar-refractivity contribution in [2.24, 2.45) is 0 Å².